The van der Waals surface area contributed by atoms with E-state index in [-0.39, 0.29) is 37.6 Å². The van der Waals surface area contributed by atoms with Crippen molar-refractivity contribution in [1.82, 2.24) is 9.80 Å². The first-order valence-electron chi connectivity index (χ1n) is 10.1. The van der Waals surface area contributed by atoms with Gasteiger partial charge < -0.3 is 14.7 Å². The Morgan fingerprint density at radius 2 is 1.69 bits per heavy atom. The van der Waals surface area contributed by atoms with Gasteiger partial charge in [-0.05, 0) is 36.6 Å². The Morgan fingerprint density at radius 3 is 2.34 bits per heavy atom. The van der Waals surface area contributed by atoms with Crippen LogP contribution in [-0.2, 0) is 4.79 Å². The number of aliphatic hydroxyl groups excluding tert-OH is 1. The summed E-state index contributed by atoms with van der Waals surface area (Å²) in [6, 6.07) is 17.4. The van der Waals surface area contributed by atoms with E-state index in [1.54, 1.807) is 4.90 Å². The van der Waals surface area contributed by atoms with E-state index in [2.05, 4.69) is 0 Å². The Balaban J connectivity index is 1.54. The molecule has 6 heteroatoms. The zero-order valence-electron chi connectivity index (χ0n) is 17.0. The van der Waals surface area contributed by atoms with Gasteiger partial charge in [0.25, 0.3) is 0 Å². The van der Waals surface area contributed by atoms with Crippen LogP contribution in [0.1, 0.15) is 26.7 Å². The van der Waals surface area contributed by atoms with Crippen molar-refractivity contribution in [3.8, 4) is 16.9 Å². The standard InChI is InChI=1S/C23H28N2O4/c1-3-17(2)24-14-13-22(27)25(23(24)28)15-20(26)16-29-21-11-9-19(10-12-21)18-7-5-4-6-8-18/h4-12,17,20,26H,3,13-16H2,1-2H3/t17-,20+/m1/s1. The zero-order chi connectivity index (χ0) is 20.8. The van der Waals surface area contributed by atoms with Crippen LogP contribution in [0.5, 0.6) is 5.75 Å². The molecule has 1 N–H and O–H groups in total. The maximum atomic E-state index is 12.6. The first-order valence-corrected chi connectivity index (χ1v) is 10.1. The highest BCUT2D eigenvalue weighted by Gasteiger charge is 2.35. The maximum absolute atomic E-state index is 12.6. The lowest BCUT2D eigenvalue weighted by atomic mass is 10.1. The quantitative estimate of drug-likeness (QED) is 0.741. The molecule has 0 bridgehead atoms. The molecule has 1 fully saturated rings. The number of rotatable bonds is 8. The highest BCUT2D eigenvalue weighted by molar-refractivity contribution is 5.97. The second-order valence-electron chi connectivity index (χ2n) is 7.34. The van der Waals surface area contributed by atoms with Crippen LogP contribution in [0.3, 0.4) is 0 Å². The van der Waals surface area contributed by atoms with Crippen LogP contribution in [0.4, 0.5) is 4.79 Å². The molecule has 1 saturated heterocycles. The number of imide groups is 1. The molecule has 3 rings (SSSR count). The van der Waals surface area contributed by atoms with Gasteiger partial charge in [-0.3, -0.25) is 9.69 Å². The van der Waals surface area contributed by atoms with Crippen molar-refractivity contribution < 1.29 is 19.4 Å². The van der Waals surface area contributed by atoms with Crippen LogP contribution >= 0.6 is 0 Å². The summed E-state index contributed by atoms with van der Waals surface area (Å²) < 4.78 is 5.65. The number of urea groups is 1. The SMILES string of the molecule is CC[C@@H](C)N1CCC(=O)N(C[C@H](O)COc2ccc(-c3ccccc3)cc2)C1=O. The maximum Gasteiger partial charge on any atom is 0.327 e. The molecule has 0 radical (unpaired) electrons. The van der Waals surface area contributed by atoms with Gasteiger partial charge in [0.05, 0.1) is 6.54 Å². The lowest BCUT2D eigenvalue weighted by Crippen LogP contribution is -2.56. The normalized spacial score (nSPS) is 16.7. The largest absolute Gasteiger partial charge is 0.491 e. The molecular weight excluding hydrogens is 368 g/mol. The average Bonchev–Trinajstić information content (AvgIpc) is 2.75. The molecule has 0 aromatic heterocycles. The minimum absolute atomic E-state index is 0.00503. The number of carbonyl (C=O) groups is 2. The van der Waals surface area contributed by atoms with E-state index in [0.717, 1.165) is 22.4 Å². The van der Waals surface area contributed by atoms with Crippen molar-refractivity contribution in [2.45, 2.75) is 38.8 Å². The summed E-state index contributed by atoms with van der Waals surface area (Å²) in [5, 5.41) is 10.3. The van der Waals surface area contributed by atoms with E-state index in [1.807, 2.05) is 68.4 Å². The van der Waals surface area contributed by atoms with Gasteiger partial charge in [0.2, 0.25) is 5.91 Å². The van der Waals surface area contributed by atoms with E-state index in [9.17, 15) is 14.7 Å². The highest BCUT2D eigenvalue weighted by Crippen LogP contribution is 2.22. The smallest absolute Gasteiger partial charge is 0.327 e. The van der Waals surface area contributed by atoms with Gasteiger partial charge in [-0.25, -0.2) is 4.79 Å². The van der Waals surface area contributed by atoms with Gasteiger partial charge in [0.15, 0.2) is 0 Å². The molecule has 29 heavy (non-hydrogen) atoms. The molecule has 0 aliphatic carbocycles. The molecule has 154 valence electrons. The number of hydrogen-bond acceptors (Lipinski definition) is 4. The van der Waals surface area contributed by atoms with Crippen molar-refractivity contribution >= 4 is 11.9 Å². The van der Waals surface area contributed by atoms with Crippen LogP contribution in [0.25, 0.3) is 11.1 Å². The van der Waals surface area contributed by atoms with E-state index in [0.29, 0.717) is 12.3 Å². The number of hydrogen-bond donors (Lipinski definition) is 1. The van der Waals surface area contributed by atoms with Crippen LogP contribution in [0.15, 0.2) is 54.6 Å². The fourth-order valence-electron chi connectivity index (χ4n) is 3.35. The number of amides is 3. The number of aliphatic hydroxyl groups is 1. The van der Waals surface area contributed by atoms with Crippen LogP contribution in [0, 0.1) is 0 Å². The summed E-state index contributed by atoms with van der Waals surface area (Å²) in [5.74, 6) is 0.377. The van der Waals surface area contributed by atoms with Crippen LogP contribution in [0.2, 0.25) is 0 Å². The Hall–Kier alpha value is -2.86. The zero-order valence-corrected chi connectivity index (χ0v) is 17.0. The third kappa shape index (κ3) is 5.15. The second-order valence-corrected chi connectivity index (χ2v) is 7.34. The number of nitrogens with zero attached hydrogens (tertiary/aromatic N) is 2. The minimum Gasteiger partial charge on any atom is -0.491 e. The summed E-state index contributed by atoms with van der Waals surface area (Å²) >= 11 is 0. The van der Waals surface area contributed by atoms with Crippen molar-refractivity contribution in [3.63, 3.8) is 0 Å². The number of benzene rings is 2. The number of carbonyl (C=O) groups excluding carboxylic acids is 2. The van der Waals surface area contributed by atoms with Gasteiger partial charge in [-0.1, -0.05) is 49.4 Å². The van der Waals surface area contributed by atoms with Gasteiger partial charge in [-0.15, -0.1) is 0 Å². The summed E-state index contributed by atoms with van der Waals surface area (Å²) in [6.07, 6.45) is 0.150. The van der Waals surface area contributed by atoms with E-state index >= 15 is 0 Å². The highest BCUT2D eigenvalue weighted by atomic mass is 16.5. The number of β-amino-alcohol motifs (C(OH)–C–C–N with tert-alkyl or cyclic N) is 1. The predicted molar refractivity (Wildman–Crippen MR) is 112 cm³/mol. The van der Waals surface area contributed by atoms with Gasteiger partial charge in [0, 0.05) is 19.0 Å². The molecule has 1 heterocycles. The topological polar surface area (TPSA) is 70.1 Å². The first-order chi connectivity index (χ1) is 14.0. The molecule has 2 aromatic carbocycles. The van der Waals surface area contributed by atoms with Gasteiger partial charge in [0.1, 0.15) is 18.5 Å². The fraction of sp³-hybridized carbons (Fsp3) is 0.391. The minimum atomic E-state index is -0.950. The monoisotopic (exact) mass is 396 g/mol. The Labute approximate surface area is 171 Å². The lowest BCUT2D eigenvalue weighted by molar-refractivity contribution is -0.132. The van der Waals surface area contributed by atoms with E-state index in [1.165, 1.54) is 0 Å². The molecule has 0 saturated carbocycles. The average molecular weight is 396 g/mol. The number of ether oxygens (including phenoxy) is 1. The van der Waals surface area contributed by atoms with Gasteiger partial charge in [-0.2, -0.15) is 0 Å². The Bertz CT molecular complexity index is 823. The molecule has 6 nitrogen and oxygen atoms in total. The van der Waals surface area contributed by atoms with Crippen LogP contribution in [-0.4, -0.2) is 58.7 Å². The first kappa shape index (κ1) is 20.9. The third-order valence-electron chi connectivity index (χ3n) is 5.26. The van der Waals surface area contributed by atoms with E-state index < -0.39 is 6.10 Å². The summed E-state index contributed by atoms with van der Waals surface area (Å²) in [6.45, 7) is 4.34. The van der Waals surface area contributed by atoms with E-state index in [4.69, 9.17) is 4.74 Å². The summed E-state index contributed by atoms with van der Waals surface area (Å²) in [5.41, 5.74) is 2.19. The van der Waals surface area contributed by atoms with Crippen molar-refractivity contribution in [3.05, 3.63) is 54.6 Å². The molecule has 2 atom stereocenters. The van der Waals surface area contributed by atoms with Crippen LogP contribution < -0.4 is 4.74 Å². The molecule has 0 spiro atoms. The summed E-state index contributed by atoms with van der Waals surface area (Å²) in [7, 11) is 0. The third-order valence-corrected chi connectivity index (χ3v) is 5.26. The Morgan fingerprint density at radius 1 is 1.03 bits per heavy atom. The molecule has 2 aromatic rings. The van der Waals surface area contributed by atoms with Gasteiger partial charge >= 0.3 is 6.03 Å². The molecule has 1 aliphatic rings. The van der Waals surface area contributed by atoms with Crippen molar-refractivity contribution in [2.75, 3.05) is 19.7 Å². The molecule has 3 amide bonds. The Kier molecular flexibility index (Phi) is 6.88. The molecule has 0 unspecified atom stereocenters. The second kappa shape index (κ2) is 9.56. The van der Waals surface area contributed by atoms with Crippen molar-refractivity contribution in [1.29, 1.82) is 0 Å². The molecule has 1 aliphatic heterocycles. The fourth-order valence-corrected chi connectivity index (χ4v) is 3.35. The van der Waals surface area contributed by atoms with Crippen molar-refractivity contribution in [2.24, 2.45) is 0 Å². The predicted octanol–water partition coefficient (Wildman–Crippen LogP) is 3.55. The lowest BCUT2D eigenvalue weighted by Gasteiger charge is -2.38. The molecular formula is C23H28N2O4. The summed E-state index contributed by atoms with van der Waals surface area (Å²) in [4.78, 5) is 27.6.